The van der Waals surface area contributed by atoms with Crippen LogP contribution in [0.5, 0.6) is 0 Å². The summed E-state index contributed by atoms with van der Waals surface area (Å²) in [6, 6.07) is 0. The number of hydrogen-bond donors (Lipinski definition) is 0. The van der Waals surface area contributed by atoms with Crippen molar-refractivity contribution < 1.29 is 28.6 Å². The molecule has 0 aromatic carbocycles. The van der Waals surface area contributed by atoms with Gasteiger partial charge in [-0.3, -0.25) is 14.4 Å². The third-order valence-corrected chi connectivity index (χ3v) is 9.82. The zero-order valence-corrected chi connectivity index (χ0v) is 39.6. The van der Waals surface area contributed by atoms with Crippen molar-refractivity contribution in [3.63, 3.8) is 0 Å². The van der Waals surface area contributed by atoms with E-state index in [2.05, 4.69) is 87.6 Å². The third-order valence-electron chi connectivity index (χ3n) is 9.82. The highest BCUT2D eigenvalue weighted by Crippen LogP contribution is 2.13. The highest BCUT2D eigenvalue weighted by atomic mass is 16.6. The van der Waals surface area contributed by atoms with Crippen LogP contribution in [0.2, 0.25) is 0 Å². The number of carbonyl (C=O) groups excluding carboxylic acids is 3. The molecule has 6 heteroatoms. The summed E-state index contributed by atoms with van der Waals surface area (Å²) in [6.07, 6.45) is 67.7. The Hall–Kier alpha value is -4.19. The minimum absolute atomic E-state index is 0.118. The first-order chi connectivity index (χ1) is 30.5. The van der Waals surface area contributed by atoms with Crippen molar-refractivity contribution in [3.05, 3.63) is 122 Å². The minimum atomic E-state index is -0.825. The molecule has 0 rings (SSSR count). The summed E-state index contributed by atoms with van der Waals surface area (Å²) in [7, 11) is 0. The van der Waals surface area contributed by atoms with Crippen molar-refractivity contribution in [1.82, 2.24) is 0 Å². The van der Waals surface area contributed by atoms with Gasteiger partial charge in [0.05, 0.1) is 0 Å². The number of unbranched alkanes of at least 4 members (excludes halogenated alkanes) is 15. The molecule has 0 aromatic heterocycles. The van der Waals surface area contributed by atoms with Gasteiger partial charge in [-0.2, -0.15) is 0 Å². The molecule has 0 N–H and O–H groups in total. The summed E-state index contributed by atoms with van der Waals surface area (Å²) in [5, 5.41) is 0. The maximum atomic E-state index is 12.7. The third kappa shape index (κ3) is 46.9. The predicted molar refractivity (Wildman–Crippen MR) is 265 cm³/mol. The van der Waals surface area contributed by atoms with Gasteiger partial charge in [0.1, 0.15) is 13.2 Å². The Kier molecular flexibility index (Phi) is 46.1. The van der Waals surface area contributed by atoms with Gasteiger partial charge < -0.3 is 14.2 Å². The molecule has 0 aliphatic carbocycles. The van der Waals surface area contributed by atoms with Crippen LogP contribution in [0.15, 0.2) is 122 Å². The first kappa shape index (κ1) is 57.8. The van der Waals surface area contributed by atoms with Crippen molar-refractivity contribution >= 4 is 17.9 Å². The average molecular weight is 857 g/mol. The molecule has 0 saturated heterocycles. The zero-order valence-electron chi connectivity index (χ0n) is 39.6. The smallest absolute Gasteiger partial charge is 0.306 e. The number of rotatable bonds is 42. The van der Waals surface area contributed by atoms with Crippen molar-refractivity contribution in [2.75, 3.05) is 13.2 Å². The van der Waals surface area contributed by atoms with Gasteiger partial charge in [-0.05, 0) is 89.9 Å². The van der Waals surface area contributed by atoms with E-state index in [0.29, 0.717) is 19.3 Å². The molecule has 1 atom stereocenters. The number of allylic oxidation sites excluding steroid dienone is 20. The van der Waals surface area contributed by atoms with E-state index in [1.807, 2.05) is 54.7 Å². The molecule has 0 aliphatic rings. The number of ether oxygens (including phenoxy) is 3. The van der Waals surface area contributed by atoms with Crippen molar-refractivity contribution in [3.8, 4) is 0 Å². The van der Waals surface area contributed by atoms with Crippen LogP contribution in [-0.2, 0) is 28.6 Å². The van der Waals surface area contributed by atoms with Crippen molar-refractivity contribution in [2.24, 2.45) is 0 Å². The fraction of sp³-hybridized carbons (Fsp3) is 0.589. The van der Waals surface area contributed by atoms with Gasteiger partial charge in [0.15, 0.2) is 6.10 Å². The Balaban J connectivity index is 4.47. The maximum absolute atomic E-state index is 12.7. The second-order valence-electron chi connectivity index (χ2n) is 15.7. The van der Waals surface area contributed by atoms with Gasteiger partial charge in [0, 0.05) is 19.3 Å². The summed E-state index contributed by atoms with van der Waals surface area (Å²) in [5.74, 6) is -1.02. The fourth-order valence-corrected chi connectivity index (χ4v) is 6.23. The largest absolute Gasteiger partial charge is 0.462 e. The molecule has 1 unspecified atom stereocenters. The average Bonchev–Trinajstić information content (AvgIpc) is 3.27. The van der Waals surface area contributed by atoms with Crippen LogP contribution < -0.4 is 0 Å². The van der Waals surface area contributed by atoms with E-state index >= 15 is 0 Å². The standard InChI is InChI=1S/C56H88O6/c1-4-7-10-13-16-19-22-25-26-27-28-29-30-32-34-37-40-43-46-49-55(58)61-52-53(51-60-54(57)48-45-42-39-36-33-24-21-18-15-12-9-6-3)62-56(59)50-47-44-41-38-35-31-23-20-17-14-11-8-5-2/h7-12,14,16-21,23,25-26,31,35,38,41,53H,4-6,13,15,22,24,27-30,32-34,36-37,39-40,42-52H2,1-3H3/b10-7-,11-8-,12-9-,17-14-,19-16-,21-18-,23-20-,26-25-,35-31-,41-38-. The Morgan fingerprint density at radius 1 is 0.339 bits per heavy atom. The van der Waals surface area contributed by atoms with Crippen LogP contribution in [0.3, 0.4) is 0 Å². The van der Waals surface area contributed by atoms with Crippen LogP contribution in [0.25, 0.3) is 0 Å². The molecular weight excluding hydrogens is 769 g/mol. The van der Waals surface area contributed by atoms with Gasteiger partial charge in [0.25, 0.3) is 0 Å². The molecule has 0 aromatic rings. The maximum Gasteiger partial charge on any atom is 0.306 e. The predicted octanol–water partition coefficient (Wildman–Crippen LogP) is 16.1. The summed E-state index contributed by atoms with van der Waals surface area (Å²) in [6.45, 7) is 6.17. The number of esters is 3. The van der Waals surface area contributed by atoms with E-state index in [0.717, 1.165) is 109 Å². The topological polar surface area (TPSA) is 78.9 Å². The molecule has 0 radical (unpaired) electrons. The lowest BCUT2D eigenvalue weighted by Crippen LogP contribution is -2.30. The lowest BCUT2D eigenvalue weighted by Gasteiger charge is -2.18. The quantitative estimate of drug-likeness (QED) is 0.0200. The normalized spacial score (nSPS) is 13.1. The van der Waals surface area contributed by atoms with Gasteiger partial charge in [-0.25, -0.2) is 0 Å². The summed E-state index contributed by atoms with van der Waals surface area (Å²) >= 11 is 0. The second kappa shape index (κ2) is 49.5. The van der Waals surface area contributed by atoms with E-state index in [-0.39, 0.29) is 31.6 Å². The van der Waals surface area contributed by atoms with Gasteiger partial charge >= 0.3 is 17.9 Å². The summed E-state index contributed by atoms with van der Waals surface area (Å²) < 4.78 is 16.7. The minimum Gasteiger partial charge on any atom is -0.462 e. The Bertz CT molecular complexity index is 1350. The van der Waals surface area contributed by atoms with Crippen LogP contribution in [0, 0.1) is 0 Å². The second-order valence-corrected chi connectivity index (χ2v) is 15.7. The molecule has 0 spiro atoms. The first-order valence-electron chi connectivity index (χ1n) is 24.6. The lowest BCUT2D eigenvalue weighted by atomic mass is 10.1. The summed E-state index contributed by atoms with van der Waals surface area (Å²) in [5.41, 5.74) is 0. The molecule has 6 nitrogen and oxygen atoms in total. The zero-order chi connectivity index (χ0) is 45.1. The van der Waals surface area contributed by atoms with Crippen molar-refractivity contribution in [2.45, 2.75) is 200 Å². The molecular formula is C56H88O6. The van der Waals surface area contributed by atoms with E-state index < -0.39 is 12.1 Å². The lowest BCUT2D eigenvalue weighted by molar-refractivity contribution is -0.167. The molecule has 0 aliphatic heterocycles. The van der Waals surface area contributed by atoms with Gasteiger partial charge in [-0.1, -0.05) is 206 Å². The van der Waals surface area contributed by atoms with E-state index in [4.69, 9.17) is 14.2 Å². The van der Waals surface area contributed by atoms with Gasteiger partial charge in [-0.15, -0.1) is 0 Å². The fourth-order valence-electron chi connectivity index (χ4n) is 6.23. The van der Waals surface area contributed by atoms with Crippen LogP contribution in [0.4, 0.5) is 0 Å². The highest BCUT2D eigenvalue weighted by Gasteiger charge is 2.19. The van der Waals surface area contributed by atoms with E-state index in [1.54, 1.807) is 0 Å². The van der Waals surface area contributed by atoms with Crippen LogP contribution in [-0.4, -0.2) is 37.2 Å². The number of carbonyl (C=O) groups is 3. The number of hydrogen-bond acceptors (Lipinski definition) is 6. The molecule has 0 saturated carbocycles. The molecule has 0 fully saturated rings. The molecule has 0 bridgehead atoms. The first-order valence-corrected chi connectivity index (χ1v) is 24.6. The highest BCUT2D eigenvalue weighted by molar-refractivity contribution is 5.71. The Morgan fingerprint density at radius 3 is 1.13 bits per heavy atom. The molecule has 0 heterocycles. The molecule has 62 heavy (non-hydrogen) atoms. The SMILES string of the molecule is CC\C=C/C=C\C=C/C=C\C=C/CCCC(=O)OC(COC(=O)CCCCCCC/C=C\C/C=C\CC)COC(=O)CCCCCCCCCCC/C=C\C/C=C\C/C=C\CC. The molecule has 348 valence electrons. The Labute approximate surface area is 380 Å². The Morgan fingerprint density at radius 2 is 0.677 bits per heavy atom. The van der Waals surface area contributed by atoms with Crippen molar-refractivity contribution in [1.29, 1.82) is 0 Å². The monoisotopic (exact) mass is 857 g/mol. The van der Waals surface area contributed by atoms with Gasteiger partial charge in [0.2, 0.25) is 0 Å². The van der Waals surface area contributed by atoms with Crippen LogP contribution in [0.1, 0.15) is 194 Å². The summed E-state index contributed by atoms with van der Waals surface area (Å²) in [4.78, 5) is 37.9. The van der Waals surface area contributed by atoms with E-state index in [1.165, 1.54) is 38.5 Å². The molecule has 0 amide bonds. The van der Waals surface area contributed by atoms with Crippen LogP contribution >= 0.6 is 0 Å². The van der Waals surface area contributed by atoms with E-state index in [9.17, 15) is 14.4 Å².